The number of fused-ring (bicyclic) bond motifs is 1. The van der Waals surface area contributed by atoms with E-state index in [2.05, 4.69) is 10.6 Å². The highest BCUT2D eigenvalue weighted by Crippen LogP contribution is 2.24. The largest absolute Gasteiger partial charge is 0.354 e. The Labute approximate surface area is 125 Å². The molecule has 5 nitrogen and oxygen atoms in total. The van der Waals surface area contributed by atoms with E-state index in [1.165, 1.54) is 0 Å². The van der Waals surface area contributed by atoms with E-state index >= 15 is 0 Å². The zero-order valence-electron chi connectivity index (χ0n) is 11.8. The molecule has 2 atom stereocenters. The van der Waals surface area contributed by atoms with Gasteiger partial charge in [-0.1, -0.05) is 24.3 Å². The van der Waals surface area contributed by atoms with Crippen LogP contribution in [0.15, 0.2) is 24.3 Å². The van der Waals surface area contributed by atoms with Gasteiger partial charge in [0.15, 0.2) is 9.84 Å². The summed E-state index contributed by atoms with van der Waals surface area (Å²) in [5.41, 5.74) is 2.18. The molecule has 2 aliphatic heterocycles. The topological polar surface area (TPSA) is 75.3 Å². The van der Waals surface area contributed by atoms with Crippen molar-refractivity contribution in [2.75, 3.05) is 18.8 Å². The molecule has 2 N–H and O–H groups in total. The van der Waals surface area contributed by atoms with Gasteiger partial charge >= 0.3 is 0 Å². The summed E-state index contributed by atoms with van der Waals surface area (Å²) in [7, 11) is -3.00. The summed E-state index contributed by atoms with van der Waals surface area (Å²) in [6.07, 6.45) is 1.36. The SMILES string of the molecule is O=C(NCC1CCCS1(=O)=O)C1CNCc2ccccc21. The number of nitrogens with one attached hydrogen (secondary N) is 2. The molecule has 1 aromatic carbocycles. The van der Waals surface area contributed by atoms with Crippen LogP contribution in [-0.4, -0.2) is 38.4 Å². The summed E-state index contributed by atoms with van der Waals surface area (Å²) in [4.78, 5) is 12.4. The van der Waals surface area contributed by atoms with Crippen LogP contribution in [0.1, 0.15) is 29.9 Å². The van der Waals surface area contributed by atoms with Crippen LogP contribution in [0.3, 0.4) is 0 Å². The minimum Gasteiger partial charge on any atom is -0.354 e. The zero-order valence-corrected chi connectivity index (χ0v) is 12.7. The quantitative estimate of drug-likeness (QED) is 0.856. The Morgan fingerprint density at radius 2 is 2.14 bits per heavy atom. The number of benzene rings is 1. The highest BCUT2D eigenvalue weighted by molar-refractivity contribution is 7.92. The fourth-order valence-electron chi connectivity index (χ4n) is 3.16. The number of hydrogen-bond donors (Lipinski definition) is 2. The molecule has 2 heterocycles. The monoisotopic (exact) mass is 308 g/mol. The Kier molecular flexibility index (Phi) is 3.99. The predicted octanol–water partition coefficient (Wildman–Crippen LogP) is 0.567. The number of sulfone groups is 1. The molecular weight excluding hydrogens is 288 g/mol. The van der Waals surface area contributed by atoms with Gasteiger partial charge in [-0.2, -0.15) is 0 Å². The molecule has 2 aliphatic rings. The molecule has 114 valence electrons. The van der Waals surface area contributed by atoms with E-state index in [0.29, 0.717) is 19.4 Å². The minimum atomic E-state index is -3.00. The van der Waals surface area contributed by atoms with Crippen LogP contribution in [0, 0.1) is 0 Å². The van der Waals surface area contributed by atoms with Crippen molar-refractivity contribution in [1.82, 2.24) is 10.6 Å². The first kappa shape index (κ1) is 14.5. The molecule has 6 heteroatoms. The Morgan fingerprint density at radius 1 is 1.33 bits per heavy atom. The van der Waals surface area contributed by atoms with Crippen molar-refractivity contribution >= 4 is 15.7 Å². The lowest BCUT2D eigenvalue weighted by molar-refractivity contribution is -0.122. The molecule has 0 saturated carbocycles. The first-order valence-corrected chi connectivity index (χ1v) is 9.07. The van der Waals surface area contributed by atoms with Gasteiger partial charge in [-0.05, 0) is 24.0 Å². The highest BCUT2D eigenvalue weighted by Gasteiger charge is 2.32. The molecule has 1 fully saturated rings. The van der Waals surface area contributed by atoms with Crippen molar-refractivity contribution in [2.45, 2.75) is 30.6 Å². The second-order valence-corrected chi connectivity index (χ2v) is 8.16. The fourth-order valence-corrected chi connectivity index (χ4v) is 4.92. The van der Waals surface area contributed by atoms with Crippen LogP contribution < -0.4 is 10.6 Å². The van der Waals surface area contributed by atoms with Crippen molar-refractivity contribution in [1.29, 1.82) is 0 Å². The predicted molar refractivity (Wildman–Crippen MR) is 80.7 cm³/mol. The molecular formula is C15H20N2O3S. The number of amides is 1. The number of hydrogen-bond acceptors (Lipinski definition) is 4. The average Bonchev–Trinajstić information content (AvgIpc) is 2.83. The molecule has 0 radical (unpaired) electrons. The molecule has 3 rings (SSSR count). The summed E-state index contributed by atoms with van der Waals surface area (Å²) in [6, 6.07) is 7.90. The Morgan fingerprint density at radius 3 is 2.90 bits per heavy atom. The molecule has 2 unspecified atom stereocenters. The summed E-state index contributed by atoms with van der Waals surface area (Å²) in [5.74, 6) is -0.0720. The van der Waals surface area contributed by atoms with Gasteiger partial charge in [0.05, 0.1) is 16.9 Å². The van der Waals surface area contributed by atoms with Crippen LogP contribution >= 0.6 is 0 Å². The molecule has 1 aromatic rings. The fraction of sp³-hybridized carbons (Fsp3) is 0.533. The van der Waals surface area contributed by atoms with Crippen molar-refractivity contribution in [3.05, 3.63) is 35.4 Å². The van der Waals surface area contributed by atoms with Gasteiger partial charge in [0.1, 0.15) is 0 Å². The van der Waals surface area contributed by atoms with Crippen molar-refractivity contribution in [3.63, 3.8) is 0 Å². The first-order valence-electron chi connectivity index (χ1n) is 7.36. The van der Waals surface area contributed by atoms with E-state index in [1.807, 2.05) is 24.3 Å². The van der Waals surface area contributed by atoms with E-state index in [-0.39, 0.29) is 24.1 Å². The lowest BCUT2D eigenvalue weighted by atomic mass is 9.90. The average molecular weight is 308 g/mol. The molecule has 21 heavy (non-hydrogen) atoms. The first-order chi connectivity index (χ1) is 10.1. The molecule has 1 saturated heterocycles. The molecule has 1 amide bonds. The third-order valence-electron chi connectivity index (χ3n) is 4.38. The van der Waals surface area contributed by atoms with Crippen LogP contribution in [0.25, 0.3) is 0 Å². The van der Waals surface area contributed by atoms with Crippen LogP contribution in [0.2, 0.25) is 0 Å². The molecule has 0 spiro atoms. The van der Waals surface area contributed by atoms with Crippen LogP contribution in [0.5, 0.6) is 0 Å². The lowest BCUT2D eigenvalue weighted by Gasteiger charge is -2.26. The van der Waals surface area contributed by atoms with Gasteiger partial charge in [-0.25, -0.2) is 8.42 Å². The molecule has 0 bridgehead atoms. The standard InChI is InChI=1S/C15H20N2O3S/c18-15(17-9-12-5-3-7-21(12,19)20)14-10-16-8-11-4-1-2-6-13(11)14/h1-2,4,6,12,14,16H,3,5,7-10H2,(H,17,18). The van der Waals surface area contributed by atoms with E-state index in [4.69, 9.17) is 0 Å². The van der Waals surface area contributed by atoms with Crippen molar-refractivity contribution in [2.24, 2.45) is 0 Å². The maximum Gasteiger partial charge on any atom is 0.228 e. The summed E-state index contributed by atoms with van der Waals surface area (Å²) in [5, 5.41) is 5.66. The Bertz CT molecular complexity index is 642. The van der Waals surface area contributed by atoms with Crippen LogP contribution in [-0.2, 0) is 21.2 Å². The summed E-state index contributed by atoms with van der Waals surface area (Å²) in [6.45, 7) is 1.61. The zero-order chi connectivity index (χ0) is 14.9. The van der Waals surface area contributed by atoms with Crippen molar-refractivity contribution in [3.8, 4) is 0 Å². The van der Waals surface area contributed by atoms with Crippen LogP contribution in [0.4, 0.5) is 0 Å². The lowest BCUT2D eigenvalue weighted by Crippen LogP contribution is -2.42. The van der Waals surface area contributed by atoms with E-state index in [1.54, 1.807) is 0 Å². The number of carbonyl (C=O) groups excluding carboxylic acids is 1. The van der Waals surface area contributed by atoms with Crippen molar-refractivity contribution < 1.29 is 13.2 Å². The number of carbonyl (C=O) groups is 1. The maximum atomic E-state index is 12.4. The normalized spacial score (nSPS) is 27.0. The smallest absolute Gasteiger partial charge is 0.228 e. The second-order valence-electron chi connectivity index (χ2n) is 5.76. The van der Waals surface area contributed by atoms with E-state index in [0.717, 1.165) is 17.7 Å². The van der Waals surface area contributed by atoms with Gasteiger partial charge in [0.2, 0.25) is 5.91 Å². The van der Waals surface area contributed by atoms with Gasteiger partial charge in [0, 0.05) is 19.6 Å². The maximum absolute atomic E-state index is 12.4. The summed E-state index contributed by atoms with van der Waals surface area (Å²) >= 11 is 0. The number of rotatable bonds is 3. The Balaban J connectivity index is 1.67. The van der Waals surface area contributed by atoms with E-state index < -0.39 is 15.1 Å². The molecule has 0 aliphatic carbocycles. The van der Waals surface area contributed by atoms with Gasteiger partial charge in [0.25, 0.3) is 0 Å². The third-order valence-corrected chi connectivity index (χ3v) is 6.65. The van der Waals surface area contributed by atoms with E-state index in [9.17, 15) is 13.2 Å². The van der Waals surface area contributed by atoms with Gasteiger partial charge in [-0.15, -0.1) is 0 Å². The van der Waals surface area contributed by atoms with Gasteiger partial charge in [-0.3, -0.25) is 4.79 Å². The minimum absolute atomic E-state index is 0.0863. The highest BCUT2D eigenvalue weighted by atomic mass is 32.2. The molecule has 0 aromatic heterocycles. The van der Waals surface area contributed by atoms with Gasteiger partial charge < -0.3 is 10.6 Å². The third kappa shape index (κ3) is 2.96. The Hall–Kier alpha value is -1.40. The summed E-state index contributed by atoms with van der Waals surface area (Å²) < 4.78 is 23.6. The second kappa shape index (κ2) is 5.77.